The lowest BCUT2D eigenvalue weighted by atomic mass is 9.86. The number of rotatable bonds is 6. The highest BCUT2D eigenvalue weighted by atomic mass is 14.2. The second kappa shape index (κ2) is 15.6. The van der Waals surface area contributed by atoms with Gasteiger partial charge in [0.05, 0.1) is 0 Å². The molecular formula is C66H42. The van der Waals surface area contributed by atoms with Crippen molar-refractivity contribution >= 4 is 64.6 Å². The minimum absolute atomic E-state index is 1.19. The van der Waals surface area contributed by atoms with Crippen molar-refractivity contribution in [2.75, 3.05) is 0 Å². The number of hydrogen-bond donors (Lipinski definition) is 0. The molecule has 0 aromatic heterocycles. The maximum Gasteiger partial charge on any atom is -0.00990 e. The molecule has 0 radical (unpaired) electrons. The van der Waals surface area contributed by atoms with Crippen LogP contribution < -0.4 is 0 Å². The molecule has 0 unspecified atom stereocenters. The van der Waals surface area contributed by atoms with Gasteiger partial charge in [0.2, 0.25) is 0 Å². The van der Waals surface area contributed by atoms with Crippen molar-refractivity contribution in [2.45, 2.75) is 0 Å². The standard InChI is InChI=1S/C66H42/c1-4-22-49-43(16-1)19-7-28-55(49)61-37-13-31-58-52(25-10-34-64(58)61)46-40-47(53-26-11-35-65-59(53)32-14-38-62(65)56-29-8-20-44-17-2-5-23-50(44)56)42-48(41-46)54-27-12-36-66-60(54)33-15-39-63(66)57-30-9-21-45-18-3-6-24-51(45)57/h1-42H. The van der Waals surface area contributed by atoms with E-state index in [9.17, 15) is 0 Å². The first-order chi connectivity index (χ1) is 32.7. The molecule has 0 aliphatic carbocycles. The molecule has 0 aliphatic heterocycles. The molecule has 0 bridgehead atoms. The molecule has 0 aliphatic rings. The summed E-state index contributed by atoms with van der Waals surface area (Å²) in [7, 11) is 0. The van der Waals surface area contributed by atoms with Crippen molar-refractivity contribution in [1.29, 1.82) is 0 Å². The summed E-state index contributed by atoms with van der Waals surface area (Å²) >= 11 is 0. The maximum absolute atomic E-state index is 2.43. The van der Waals surface area contributed by atoms with Gasteiger partial charge in [-0.2, -0.15) is 0 Å². The zero-order valence-corrected chi connectivity index (χ0v) is 36.2. The van der Waals surface area contributed by atoms with Gasteiger partial charge < -0.3 is 0 Å². The summed E-state index contributed by atoms with van der Waals surface area (Å²) in [6.45, 7) is 0. The molecule has 0 nitrogen and oxygen atoms in total. The quantitative estimate of drug-likeness (QED) is 0.157. The fourth-order valence-corrected chi connectivity index (χ4v) is 10.9. The van der Waals surface area contributed by atoms with Crippen LogP contribution >= 0.6 is 0 Å². The monoisotopic (exact) mass is 834 g/mol. The summed E-state index contributed by atoms with van der Waals surface area (Å²) in [5.41, 5.74) is 14.7. The van der Waals surface area contributed by atoms with Crippen LogP contribution in [-0.4, -0.2) is 0 Å². The van der Waals surface area contributed by atoms with E-state index in [1.54, 1.807) is 0 Å². The summed E-state index contributed by atoms with van der Waals surface area (Å²) in [4.78, 5) is 0. The molecule has 0 spiro atoms. The largest absolute Gasteiger partial charge is 0.0616 e. The third-order valence-corrected chi connectivity index (χ3v) is 13.9. The number of fused-ring (bicyclic) bond motifs is 6. The zero-order chi connectivity index (χ0) is 43.6. The summed E-state index contributed by atoms with van der Waals surface area (Å²) in [5, 5.41) is 15.0. The van der Waals surface area contributed by atoms with Crippen molar-refractivity contribution in [2.24, 2.45) is 0 Å². The minimum atomic E-state index is 1.19. The molecule has 66 heavy (non-hydrogen) atoms. The Balaban J connectivity index is 1.06. The maximum atomic E-state index is 2.43. The molecule has 0 saturated carbocycles. The summed E-state index contributed by atoms with van der Waals surface area (Å²) in [6.07, 6.45) is 0. The van der Waals surface area contributed by atoms with Gasteiger partial charge in [0.1, 0.15) is 0 Å². The SMILES string of the molecule is c1ccc2c(-c3cccc4c(-c5cc(-c6cccc7c(-c8cccc9ccccc89)cccc67)cc(-c6cccc7c(-c8cccc9ccccc89)cccc67)c5)cccc34)cccc2c1. The van der Waals surface area contributed by atoms with Crippen LogP contribution in [0.15, 0.2) is 255 Å². The van der Waals surface area contributed by atoms with Gasteiger partial charge in [-0.3, -0.25) is 0 Å². The summed E-state index contributed by atoms with van der Waals surface area (Å²) in [6, 6.07) is 94.3. The molecule has 0 heteroatoms. The van der Waals surface area contributed by atoms with Crippen LogP contribution in [0.2, 0.25) is 0 Å². The Kier molecular flexibility index (Phi) is 8.96. The van der Waals surface area contributed by atoms with Crippen LogP contribution in [0.1, 0.15) is 0 Å². The average molecular weight is 835 g/mol. The molecule has 0 heterocycles. The van der Waals surface area contributed by atoms with Crippen LogP contribution in [0.4, 0.5) is 0 Å². The van der Waals surface area contributed by atoms with Crippen molar-refractivity contribution in [3.8, 4) is 66.8 Å². The average Bonchev–Trinajstić information content (AvgIpc) is 3.39. The Morgan fingerprint density at radius 2 is 0.318 bits per heavy atom. The summed E-state index contributed by atoms with van der Waals surface area (Å²) in [5.74, 6) is 0. The highest BCUT2D eigenvalue weighted by Gasteiger charge is 2.18. The molecule has 0 amide bonds. The minimum Gasteiger partial charge on any atom is -0.0616 e. The number of benzene rings is 13. The van der Waals surface area contributed by atoms with Crippen LogP contribution in [0.25, 0.3) is 131 Å². The van der Waals surface area contributed by atoms with E-state index < -0.39 is 0 Å². The van der Waals surface area contributed by atoms with Crippen molar-refractivity contribution in [3.05, 3.63) is 255 Å². The Morgan fingerprint density at radius 3 is 0.606 bits per heavy atom. The van der Waals surface area contributed by atoms with Gasteiger partial charge in [-0.05, 0) is 150 Å². The molecular weight excluding hydrogens is 793 g/mol. The predicted octanol–water partition coefficient (Wildman–Crippen LogP) is 18.6. The number of hydrogen-bond acceptors (Lipinski definition) is 0. The second-order valence-corrected chi connectivity index (χ2v) is 17.5. The Labute approximate surface area is 384 Å². The van der Waals surface area contributed by atoms with Gasteiger partial charge in [-0.15, -0.1) is 0 Å². The Morgan fingerprint density at radius 1 is 0.136 bits per heavy atom. The van der Waals surface area contributed by atoms with Gasteiger partial charge in [-0.25, -0.2) is 0 Å². The summed E-state index contributed by atoms with van der Waals surface area (Å²) < 4.78 is 0. The smallest absolute Gasteiger partial charge is 0.00990 e. The Hall–Kier alpha value is -8.58. The van der Waals surface area contributed by atoms with Crippen molar-refractivity contribution in [1.82, 2.24) is 0 Å². The van der Waals surface area contributed by atoms with Gasteiger partial charge in [0, 0.05) is 0 Å². The van der Waals surface area contributed by atoms with E-state index in [4.69, 9.17) is 0 Å². The molecule has 0 atom stereocenters. The second-order valence-electron chi connectivity index (χ2n) is 17.5. The molecule has 13 rings (SSSR count). The first-order valence-corrected chi connectivity index (χ1v) is 22.9. The first-order valence-electron chi connectivity index (χ1n) is 22.9. The molecule has 0 N–H and O–H groups in total. The molecule has 0 fully saturated rings. The predicted molar refractivity (Wildman–Crippen MR) is 284 cm³/mol. The van der Waals surface area contributed by atoms with E-state index in [-0.39, 0.29) is 0 Å². The topological polar surface area (TPSA) is 0 Å². The van der Waals surface area contributed by atoms with Crippen LogP contribution in [-0.2, 0) is 0 Å². The Bertz CT molecular complexity index is 3610. The van der Waals surface area contributed by atoms with E-state index in [0.717, 1.165) is 0 Å². The van der Waals surface area contributed by atoms with Gasteiger partial charge in [-0.1, -0.05) is 237 Å². The third kappa shape index (κ3) is 6.22. The third-order valence-electron chi connectivity index (χ3n) is 13.9. The van der Waals surface area contributed by atoms with Crippen LogP contribution in [0.3, 0.4) is 0 Å². The van der Waals surface area contributed by atoms with Crippen LogP contribution in [0, 0.1) is 0 Å². The van der Waals surface area contributed by atoms with E-state index in [2.05, 4.69) is 255 Å². The lowest BCUT2D eigenvalue weighted by Gasteiger charge is -2.18. The normalized spacial score (nSPS) is 11.6. The highest BCUT2D eigenvalue weighted by Crippen LogP contribution is 2.44. The van der Waals surface area contributed by atoms with Crippen molar-refractivity contribution in [3.63, 3.8) is 0 Å². The van der Waals surface area contributed by atoms with Gasteiger partial charge >= 0.3 is 0 Å². The van der Waals surface area contributed by atoms with Gasteiger partial charge in [0.15, 0.2) is 0 Å². The fraction of sp³-hybridized carbons (Fsp3) is 0. The molecule has 0 saturated heterocycles. The lowest BCUT2D eigenvalue weighted by Crippen LogP contribution is -1.91. The lowest BCUT2D eigenvalue weighted by molar-refractivity contribution is 1.60. The van der Waals surface area contributed by atoms with E-state index >= 15 is 0 Å². The van der Waals surface area contributed by atoms with Crippen molar-refractivity contribution < 1.29 is 0 Å². The van der Waals surface area contributed by atoms with E-state index in [1.165, 1.54) is 131 Å². The first kappa shape index (κ1) is 37.9. The molecule has 306 valence electrons. The van der Waals surface area contributed by atoms with E-state index in [0.29, 0.717) is 0 Å². The fourth-order valence-electron chi connectivity index (χ4n) is 10.9. The zero-order valence-electron chi connectivity index (χ0n) is 36.2. The van der Waals surface area contributed by atoms with Crippen LogP contribution in [0.5, 0.6) is 0 Å². The molecule has 13 aromatic carbocycles. The highest BCUT2D eigenvalue weighted by molar-refractivity contribution is 6.13. The van der Waals surface area contributed by atoms with E-state index in [1.807, 2.05) is 0 Å². The van der Waals surface area contributed by atoms with Gasteiger partial charge in [0.25, 0.3) is 0 Å². The molecule has 13 aromatic rings.